The zero-order valence-electron chi connectivity index (χ0n) is 12.0. The first-order valence-corrected chi connectivity index (χ1v) is 6.89. The van der Waals surface area contributed by atoms with E-state index in [-0.39, 0.29) is 18.0 Å². The molecule has 1 aliphatic rings. The third-order valence-electron chi connectivity index (χ3n) is 3.29. The second-order valence-electron chi connectivity index (χ2n) is 5.29. The van der Waals surface area contributed by atoms with Gasteiger partial charge in [-0.2, -0.15) is 0 Å². The van der Waals surface area contributed by atoms with Gasteiger partial charge in [-0.05, 0) is 19.8 Å². The molecule has 18 heavy (non-hydrogen) atoms. The number of hydrogen-bond donors (Lipinski definition) is 3. The summed E-state index contributed by atoms with van der Waals surface area (Å²) < 4.78 is 5.41. The molecule has 1 heterocycles. The summed E-state index contributed by atoms with van der Waals surface area (Å²) in [5.74, 6) is 0.434. The summed E-state index contributed by atoms with van der Waals surface area (Å²) in [5.41, 5.74) is 0. The number of nitrogens with one attached hydrogen (secondary N) is 3. The van der Waals surface area contributed by atoms with Gasteiger partial charge < -0.3 is 20.7 Å². The fourth-order valence-corrected chi connectivity index (χ4v) is 1.90. The predicted octanol–water partition coefficient (Wildman–Crippen LogP) is 0.114. The maximum atomic E-state index is 12.1. The lowest BCUT2D eigenvalue weighted by Crippen LogP contribution is -2.60. The first-order valence-electron chi connectivity index (χ1n) is 6.89. The van der Waals surface area contributed by atoms with E-state index >= 15 is 0 Å². The molecule has 0 bridgehead atoms. The molecule has 1 fully saturated rings. The number of rotatable bonds is 6. The van der Waals surface area contributed by atoms with Crippen LogP contribution in [-0.4, -0.2) is 50.3 Å². The molecule has 0 aromatic carbocycles. The van der Waals surface area contributed by atoms with Crippen LogP contribution in [0.15, 0.2) is 0 Å². The summed E-state index contributed by atoms with van der Waals surface area (Å²) >= 11 is 0. The van der Waals surface area contributed by atoms with Crippen molar-refractivity contribution in [2.45, 2.75) is 45.8 Å². The number of carbonyl (C=O) groups excluding carboxylic acids is 1. The van der Waals surface area contributed by atoms with E-state index in [9.17, 15) is 4.79 Å². The highest BCUT2D eigenvalue weighted by Crippen LogP contribution is 2.03. The topological polar surface area (TPSA) is 62.4 Å². The van der Waals surface area contributed by atoms with Crippen molar-refractivity contribution in [2.75, 3.05) is 26.3 Å². The lowest BCUT2D eigenvalue weighted by atomic mass is 10.0. The Morgan fingerprint density at radius 1 is 1.39 bits per heavy atom. The average Bonchev–Trinajstić information content (AvgIpc) is 2.34. The van der Waals surface area contributed by atoms with E-state index in [1.807, 2.05) is 6.92 Å². The van der Waals surface area contributed by atoms with Crippen molar-refractivity contribution in [2.24, 2.45) is 5.92 Å². The fourth-order valence-electron chi connectivity index (χ4n) is 1.90. The Bertz CT molecular complexity index is 251. The second kappa shape index (κ2) is 7.71. The van der Waals surface area contributed by atoms with E-state index in [1.54, 1.807) is 0 Å². The molecule has 1 rings (SSSR count). The lowest BCUT2D eigenvalue weighted by molar-refractivity contribution is -0.125. The Balaban J connectivity index is 2.40. The molecule has 0 aromatic rings. The lowest BCUT2D eigenvalue weighted by Gasteiger charge is -2.30. The normalized spacial score (nSPS) is 26.1. The number of hydrogen-bond acceptors (Lipinski definition) is 4. The van der Waals surface area contributed by atoms with E-state index in [0.717, 1.165) is 6.54 Å². The molecule has 106 valence electrons. The maximum absolute atomic E-state index is 12.1. The third-order valence-corrected chi connectivity index (χ3v) is 3.29. The van der Waals surface area contributed by atoms with E-state index < -0.39 is 0 Å². The molecule has 0 aliphatic carbocycles. The van der Waals surface area contributed by atoms with Crippen molar-refractivity contribution in [3.63, 3.8) is 0 Å². The highest BCUT2D eigenvalue weighted by Gasteiger charge is 2.26. The fraction of sp³-hybridized carbons (Fsp3) is 0.923. The molecule has 5 heteroatoms. The summed E-state index contributed by atoms with van der Waals surface area (Å²) in [7, 11) is 0. The molecular weight excluding hydrogens is 230 g/mol. The van der Waals surface area contributed by atoms with Crippen molar-refractivity contribution in [1.29, 1.82) is 0 Å². The van der Waals surface area contributed by atoms with Gasteiger partial charge in [-0.15, -0.1) is 0 Å². The van der Waals surface area contributed by atoms with Gasteiger partial charge in [-0.1, -0.05) is 13.8 Å². The molecule has 1 amide bonds. The molecule has 5 nitrogen and oxygen atoms in total. The highest BCUT2D eigenvalue weighted by atomic mass is 16.5. The molecule has 3 N–H and O–H groups in total. The maximum Gasteiger partial charge on any atom is 0.238 e. The van der Waals surface area contributed by atoms with Gasteiger partial charge in [0.2, 0.25) is 5.91 Å². The van der Waals surface area contributed by atoms with Crippen molar-refractivity contribution in [1.82, 2.24) is 16.0 Å². The molecule has 0 radical (unpaired) electrons. The van der Waals surface area contributed by atoms with Crippen LogP contribution < -0.4 is 16.0 Å². The second-order valence-corrected chi connectivity index (χ2v) is 5.29. The van der Waals surface area contributed by atoms with Gasteiger partial charge in [0, 0.05) is 25.7 Å². The van der Waals surface area contributed by atoms with Gasteiger partial charge in [0.25, 0.3) is 0 Å². The van der Waals surface area contributed by atoms with Crippen molar-refractivity contribution in [3.05, 3.63) is 0 Å². The monoisotopic (exact) mass is 257 g/mol. The Morgan fingerprint density at radius 3 is 2.61 bits per heavy atom. The van der Waals surface area contributed by atoms with Crippen LogP contribution in [0.4, 0.5) is 0 Å². The number of piperazine rings is 1. The van der Waals surface area contributed by atoms with Crippen LogP contribution >= 0.6 is 0 Å². The van der Waals surface area contributed by atoms with Gasteiger partial charge in [0.1, 0.15) is 0 Å². The summed E-state index contributed by atoms with van der Waals surface area (Å²) in [6.45, 7) is 11.0. The van der Waals surface area contributed by atoms with Gasteiger partial charge in [0.15, 0.2) is 0 Å². The molecule has 1 saturated heterocycles. The Morgan fingerprint density at radius 2 is 2.11 bits per heavy atom. The van der Waals surface area contributed by atoms with Crippen LogP contribution in [-0.2, 0) is 9.53 Å². The van der Waals surface area contributed by atoms with Gasteiger partial charge in [-0.25, -0.2) is 0 Å². The SMILES string of the molecule is CCOCC(NC(=O)C1CNC(C)CN1)C(C)C. The van der Waals surface area contributed by atoms with Crippen molar-refractivity contribution in [3.8, 4) is 0 Å². The minimum atomic E-state index is -0.135. The minimum absolute atomic E-state index is 0.0628. The summed E-state index contributed by atoms with van der Waals surface area (Å²) in [6.07, 6.45) is 0. The molecule has 1 aliphatic heterocycles. The molecule has 3 unspecified atom stereocenters. The van der Waals surface area contributed by atoms with E-state index in [1.165, 1.54) is 0 Å². The van der Waals surface area contributed by atoms with Gasteiger partial charge in [0.05, 0.1) is 18.7 Å². The molecule has 0 aromatic heterocycles. The smallest absolute Gasteiger partial charge is 0.238 e. The van der Waals surface area contributed by atoms with E-state index in [4.69, 9.17) is 4.74 Å². The first kappa shape index (κ1) is 15.4. The predicted molar refractivity (Wildman–Crippen MR) is 72.5 cm³/mol. The van der Waals surface area contributed by atoms with Crippen molar-refractivity contribution >= 4 is 5.91 Å². The number of amides is 1. The quantitative estimate of drug-likeness (QED) is 0.632. The van der Waals surface area contributed by atoms with Crippen LogP contribution in [0.25, 0.3) is 0 Å². The van der Waals surface area contributed by atoms with E-state index in [0.29, 0.717) is 31.7 Å². The van der Waals surface area contributed by atoms with Crippen LogP contribution in [0.2, 0.25) is 0 Å². The molecule has 0 saturated carbocycles. The summed E-state index contributed by atoms with van der Waals surface area (Å²) in [4.78, 5) is 12.1. The Kier molecular flexibility index (Phi) is 6.60. The molecule has 3 atom stereocenters. The number of ether oxygens (including phenoxy) is 1. The van der Waals surface area contributed by atoms with Crippen LogP contribution in [0.5, 0.6) is 0 Å². The molecule has 0 spiro atoms. The Hall–Kier alpha value is -0.650. The van der Waals surface area contributed by atoms with Crippen LogP contribution in [0, 0.1) is 5.92 Å². The third kappa shape index (κ3) is 4.92. The first-order chi connectivity index (χ1) is 8.54. The average molecular weight is 257 g/mol. The Labute approximate surface area is 110 Å². The van der Waals surface area contributed by atoms with Crippen LogP contribution in [0.3, 0.4) is 0 Å². The largest absolute Gasteiger partial charge is 0.380 e. The zero-order chi connectivity index (χ0) is 13.5. The zero-order valence-corrected chi connectivity index (χ0v) is 12.0. The highest BCUT2D eigenvalue weighted by molar-refractivity contribution is 5.82. The standard InChI is InChI=1S/C13H27N3O2/c1-5-18-8-12(9(2)3)16-13(17)11-7-14-10(4)6-15-11/h9-12,14-15H,5-8H2,1-4H3,(H,16,17). The van der Waals surface area contributed by atoms with Crippen molar-refractivity contribution < 1.29 is 9.53 Å². The van der Waals surface area contributed by atoms with Crippen LogP contribution in [0.1, 0.15) is 27.7 Å². The minimum Gasteiger partial charge on any atom is -0.380 e. The van der Waals surface area contributed by atoms with Gasteiger partial charge in [-0.3, -0.25) is 4.79 Å². The van der Waals surface area contributed by atoms with E-state index in [2.05, 4.69) is 36.7 Å². The number of carbonyl (C=O) groups is 1. The van der Waals surface area contributed by atoms with Gasteiger partial charge >= 0.3 is 0 Å². The summed E-state index contributed by atoms with van der Waals surface area (Å²) in [6, 6.07) is 0.376. The molecular formula is C13H27N3O2. The summed E-state index contributed by atoms with van der Waals surface area (Å²) in [5, 5.41) is 9.63.